The molecule has 0 spiro atoms. The van der Waals surface area contributed by atoms with Gasteiger partial charge in [0, 0.05) is 15.9 Å². The first-order valence-corrected chi connectivity index (χ1v) is 6.12. The van der Waals surface area contributed by atoms with E-state index < -0.39 is 0 Å². The molecule has 0 fully saturated rings. The summed E-state index contributed by atoms with van der Waals surface area (Å²) in [6.45, 7) is 3.98. The lowest BCUT2D eigenvalue weighted by Crippen LogP contribution is -2.01. The molecule has 0 atom stereocenters. The van der Waals surface area contributed by atoms with E-state index in [-0.39, 0.29) is 0 Å². The molecule has 1 aromatic heterocycles. The molecule has 1 aromatic carbocycles. The first kappa shape index (κ1) is 11.9. The monoisotopic (exact) mass is 291 g/mol. The Morgan fingerprint density at radius 2 is 1.94 bits per heavy atom. The van der Waals surface area contributed by atoms with Gasteiger partial charge in [-0.2, -0.15) is 0 Å². The molecule has 0 aliphatic rings. The first-order valence-electron chi connectivity index (χ1n) is 5.32. The second-order valence-electron chi connectivity index (χ2n) is 3.97. The summed E-state index contributed by atoms with van der Waals surface area (Å²) in [5, 5.41) is 3.25. The lowest BCUT2D eigenvalue weighted by molar-refractivity contribution is 1.20. The predicted octanol–water partition coefficient (Wildman–Crippen LogP) is 3.79. The molecule has 17 heavy (non-hydrogen) atoms. The van der Waals surface area contributed by atoms with Crippen LogP contribution in [-0.4, -0.2) is 4.98 Å². The van der Waals surface area contributed by atoms with E-state index >= 15 is 0 Å². The summed E-state index contributed by atoms with van der Waals surface area (Å²) < 4.78 is 1.06. The van der Waals surface area contributed by atoms with Gasteiger partial charge in [-0.05, 0) is 49.7 Å². The van der Waals surface area contributed by atoms with Gasteiger partial charge in [-0.25, -0.2) is 4.98 Å². The number of anilines is 3. The van der Waals surface area contributed by atoms with Gasteiger partial charge in [-0.3, -0.25) is 0 Å². The largest absolute Gasteiger partial charge is 0.396 e. The van der Waals surface area contributed by atoms with E-state index in [4.69, 9.17) is 5.73 Å². The van der Waals surface area contributed by atoms with Gasteiger partial charge in [-0.1, -0.05) is 15.9 Å². The van der Waals surface area contributed by atoms with Crippen molar-refractivity contribution < 1.29 is 0 Å². The minimum atomic E-state index is 0.651. The molecule has 2 aromatic rings. The van der Waals surface area contributed by atoms with Crippen LogP contribution in [-0.2, 0) is 0 Å². The molecule has 0 saturated heterocycles. The van der Waals surface area contributed by atoms with E-state index in [1.54, 1.807) is 0 Å². The van der Waals surface area contributed by atoms with E-state index in [2.05, 4.69) is 26.2 Å². The van der Waals surface area contributed by atoms with Crippen LogP contribution in [0.1, 0.15) is 11.3 Å². The number of halogens is 1. The van der Waals surface area contributed by atoms with Crippen molar-refractivity contribution in [2.75, 3.05) is 11.1 Å². The highest BCUT2D eigenvalue weighted by Gasteiger charge is 2.04. The van der Waals surface area contributed by atoms with Crippen molar-refractivity contribution in [2.45, 2.75) is 13.8 Å². The van der Waals surface area contributed by atoms with E-state index in [9.17, 15) is 0 Å². The van der Waals surface area contributed by atoms with Crippen LogP contribution < -0.4 is 11.1 Å². The predicted molar refractivity (Wildman–Crippen MR) is 75.5 cm³/mol. The molecule has 0 bridgehead atoms. The van der Waals surface area contributed by atoms with E-state index in [0.717, 1.165) is 21.4 Å². The van der Waals surface area contributed by atoms with E-state index in [0.29, 0.717) is 11.5 Å². The Kier molecular flexibility index (Phi) is 3.33. The molecule has 1 heterocycles. The summed E-state index contributed by atoms with van der Waals surface area (Å²) in [5.41, 5.74) is 9.63. The number of rotatable bonds is 2. The minimum Gasteiger partial charge on any atom is -0.396 e. The first-order chi connectivity index (χ1) is 8.06. The zero-order valence-electron chi connectivity index (χ0n) is 9.79. The summed E-state index contributed by atoms with van der Waals surface area (Å²) >= 11 is 3.44. The fourth-order valence-electron chi connectivity index (χ4n) is 1.56. The Labute approximate surface area is 109 Å². The summed E-state index contributed by atoms with van der Waals surface area (Å²) in [7, 11) is 0. The Bertz CT molecular complexity index is 552. The zero-order valence-corrected chi connectivity index (χ0v) is 11.4. The van der Waals surface area contributed by atoms with E-state index in [1.807, 2.05) is 44.2 Å². The Balaban J connectivity index is 2.34. The number of nitrogens with two attached hydrogens (primary N) is 1. The molecule has 4 heteroatoms. The van der Waals surface area contributed by atoms with Crippen LogP contribution in [0.25, 0.3) is 0 Å². The van der Waals surface area contributed by atoms with Gasteiger partial charge in [0.15, 0.2) is 5.82 Å². The van der Waals surface area contributed by atoms with Gasteiger partial charge in [0.2, 0.25) is 0 Å². The second kappa shape index (κ2) is 4.75. The van der Waals surface area contributed by atoms with Gasteiger partial charge >= 0.3 is 0 Å². The molecule has 3 nitrogen and oxygen atoms in total. The number of hydrogen-bond acceptors (Lipinski definition) is 3. The minimum absolute atomic E-state index is 0.651. The van der Waals surface area contributed by atoms with Gasteiger partial charge < -0.3 is 11.1 Å². The Morgan fingerprint density at radius 1 is 1.18 bits per heavy atom. The van der Waals surface area contributed by atoms with Crippen molar-refractivity contribution in [3.05, 3.63) is 46.1 Å². The van der Waals surface area contributed by atoms with Crippen LogP contribution in [0.4, 0.5) is 17.2 Å². The number of benzene rings is 1. The third kappa shape index (κ3) is 2.77. The van der Waals surface area contributed by atoms with Crippen LogP contribution >= 0.6 is 15.9 Å². The maximum Gasteiger partial charge on any atom is 0.153 e. The number of nitrogen functional groups attached to an aromatic ring is 1. The standard InChI is InChI=1S/C13H14BrN3/c1-8-7-10(14)4-6-12(8)17-13-11(15)5-3-9(2)16-13/h3-7H,15H2,1-2H3,(H,16,17). The summed E-state index contributed by atoms with van der Waals surface area (Å²) in [4.78, 5) is 4.38. The molecular weight excluding hydrogens is 278 g/mol. The third-order valence-electron chi connectivity index (χ3n) is 2.51. The van der Waals surface area contributed by atoms with Crippen molar-refractivity contribution in [2.24, 2.45) is 0 Å². The van der Waals surface area contributed by atoms with E-state index in [1.165, 1.54) is 0 Å². The molecule has 0 radical (unpaired) electrons. The molecule has 0 saturated carbocycles. The normalized spacial score (nSPS) is 10.3. The fourth-order valence-corrected chi connectivity index (χ4v) is 2.04. The lowest BCUT2D eigenvalue weighted by Gasteiger charge is -2.11. The Hall–Kier alpha value is -1.55. The average Bonchev–Trinajstić information content (AvgIpc) is 2.27. The molecule has 0 aliphatic carbocycles. The molecule has 0 unspecified atom stereocenters. The topological polar surface area (TPSA) is 50.9 Å². The van der Waals surface area contributed by atoms with Crippen LogP contribution in [0.15, 0.2) is 34.8 Å². The highest BCUT2D eigenvalue weighted by molar-refractivity contribution is 9.10. The number of nitrogens with zero attached hydrogens (tertiary/aromatic N) is 1. The second-order valence-corrected chi connectivity index (χ2v) is 4.89. The lowest BCUT2D eigenvalue weighted by atomic mass is 10.2. The number of nitrogens with one attached hydrogen (secondary N) is 1. The summed E-state index contributed by atoms with van der Waals surface area (Å²) in [5.74, 6) is 0.704. The van der Waals surface area contributed by atoms with Crippen molar-refractivity contribution in [3.8, 4) is 0 Å². The zero-order chi connectivity index (χ0) is 12.4. The molecule has 0 amide bonds. The van der Waals surface area contributed by atoms with Crippen molar-refractivity contribution in [1.29, 1.82) is 0 Å². The van der Waals surface area contributed by atoms with Crippen molar-refractivity contribution >= 4 is 33.1 Å². The van der Waals surface area contributed by atoms with Gasteiger partial charge in [0.1, 0.15) is 0 Å². The summed E-state index contributed by atoms with van der Waals surface area (Å²) in [6.07, 6.45) is 0. The molecule has 2 rings (SSSR count). The Morgan fingerprint density at radius 3 is 2.65 bits per heavy atom. The number of aromatic nitrogens is 1. The van der Waals surface area contributed by atoms with Crippen LogP contribution in [0.5, 0.6) is 0 Å². The average molecular weight is 292 g/mol. The molecule has 3 N–H and O–H groups in total. The smallest absolute Gasteiger partial charge is 0.153 e. The number of aryl methyl sites for hydroxylation is 2. The maximum atomic E-state index is 5.88. The molecule has 0 aliphatic heterocycles. The maximum absolute atomic E-state index is 5.88. The molecule has 88 valence electrons. The van der Waals surface area contributed by atoms with Crippen LogP contribution in [0, 0.1) is 13.8 Å². The SMILES string of the molecule is Cc1ccc(N)c(Nc2ccc(Br)cc2C)n1. The highest BCUT2D eigenvalue weighted by Crippen LogP contribution is 2.25. The number of hydrogen-bond donors (Lipinski definition) is 2. The third-order valence-corrected chi connectivity index (χ3v) is 3.00. The van der Waals surface area contributed by atoms with Crippen molar-refractivity contribution in [3.63, 3.8) is 0 Å². The quantitative estimate of drug-likeness (QED) is 0.885. The fraction of sp³-hybridized carbons (Fsp3) is 0.154. The van der Waals surface area contributed by atoms with Gasteiger partial charge in [0.05, 0.1) is 5.69 Å². The van der Waals surface area contributed by atoms with Gasteiger partial charge in [0.25, 0.3) is 0 Å². The molecular formula is C13H14BrN3. The van der Waals surface area contributed by atoms with Crippen LogP contribution in [0.2, 0.25) is 0 Å². The van der Waals surface area contributed by atoms with Gasteiger partial charge in [-0.15, -0.1) is 0 Å². The van der Waals surface area contributed by atoms with Crippen LogP contribution in [0.3, 0.4) is 0 Å². The summed E-state index contributed by atoms with van der Waals surface area (Å²) in [6, 6.07) is 9.80. The number of pyridine rings is 1. The highest BCUT2D eigenvalue weighted by atomic mass is 79.9. The van der Waals surface area contributed by atoms with Crippen molar-refractivity contribution in [1.82, 2.24) is 4.98 Å².